The number of H-pyrrole nitrogens is 1. The lowest BCUT2D eigenvalue weighted by Crippen LogP contribution is -2.30. The highest BCUT2D eigenvalue weighted by Gasteiger charge is 2.28. The number of nitrogens with one attached hydrogen (secondary N) is 3. The molecule has 0 unspecified atom stereocenters. The van der Waals surface area contributed by atoms with Crippen LogP contribution in [0.25, 0.3) is 10.9 Å². The van der Waals surface area contributed by atoms with Gasteiger partial charge >= 0.3 is 0 Å². The maximum atomic E-state index is 13.1. The number of aromatic amines is 1. The molecule has 0 saturated heterocycles. The first-order valence-corrected chi connectivity index (χ1v) is 13.4. The van der Waals surface area contributed by atoms with E-state index in [0.717, 1.165) is 22.2 Å². The van der Waals surface area contributed by atoms with Crippen LogP contribution in [0.4, 0.5) is 11.5 Å². The third-order valence-corrected chi connectivity index (χ3v) is 7.68. The quantitative estimate of drug-likeness (QED) is 0.249. The Balaban J connectivity index is 1.36. The molecule has 5 rings (SSSR count). The SMILES string of the molecule is CN(C(=O)COCc1ccccc1)c1ccc2c(C(=O)NC3CC3)c(NC(=O)c3ccc(Br)s3)[nH]c2c1. The summed E-state index contributed by atoms with van der Waals surface area (Å²) in [6.45, 7) is 0.278. The van der Waals surface area contributed by atoms with E-state index in [9.17, 15) is 14.4 Å². The van der Waals surface area contributed by atoms with Gasteiger partial charge in [-0.25, -0.2) is 0 Å². The summed E-state index contributed by atoms with van der Waals surface area (Å²) in [4.78, 5) is 43.9. The van der Waals surface area contributed by atoms with Gasteiger partial charge in [0.1, 0.15) is 12.4 Å². The van der Waals surface area contributed by atoms with Crippen LogP contribution in [0.5, 0.6) is 0 Å². The molecule has 4 aromatic rings. The first-order chi connectivity index (χ1) is 17.9. The molecule has 2 aromatic carbocycles. The molecule has 1 saturated carbocycles. The monoisotopic (exact) mass is 580 g/mol. The smallest absolute Gasteiger partial charge is 0.266 e. The zero-order chi connectivity index (χ0) is 25.9. The Kier molecular flexibility index (Phi) is 7.40. The van der Waals surface area contributed by atoms with E-state index in [1.165, 1.54) is 16.2 Å². The maximum Gasteiger partial charge on any atom is 0.266 e. The van der Waals surface area contributed by atoms with Crippen molar-refractivity contribution in [3.63, 3.8) is 0 Å². The number of rotatable bonds is 9. The molecule has 1 aliphatic rings. The lowest BCUT2D eigenvalue weighted by Gasteiger charge is -2.17. The molecular formula is C27H25BrN4O4S. The van der Waals surface area contributed by atoms with Crippen LogP contribution in [-0.2, 0) is 16.1 Å². The third-order valence-electron chi connectivity index (χ3n) is 6.06. The third kappa shape index (κ3) is 5.93. The molecule has 8 nitrogen and oxygen atoms in total. The highest BCUT2D eigenvalue weighted by molar-refractivity contribution is 9.11. The highest BCUT2D eigenvalue weighted by atomic mass is 79.9. The van der Waals surface area contributed by atoms with Crippen LogP contribution in [0.3, 0.4) is 0 Å². The number of carbonyl (C=O) groups excluding carboxylic acids is 3. The molecule has 0 spiro atoms. The van der Waals surface area contributed by atoms with E-state index >= 15 is 0 Å². The van der Waals surface area contributed by atoms with E-state index < -0.39 is 0 Å². The molecule has 10 heteroatoms. The van der Waals surface area contributed by atoms with Crippen LogP contribution in [0.1, 0.15) is 38.4 Å². The van der Waals surface area contributed by atoms with Crippen LogP contribution < -0.4 is 15.5 Å². The van der Waals surface area contributed by atoms with Crippen LogP contribution in [-0.4, -0.2) is 42.4 Å². The molecule has 0 atom stereocenters. The summed E-state index contributed by atoms with van der Waals surface area (Å²) in [5.74, 6) is -0.445. The van der Waals surface area contributed by atoms with Gasteiger partial charge in [-0.2, -0.15) is 0 Å². The Bertz CT molecular complexity index is 1460. The largest absolute Gasteiger partial charge is 0.367 e. The summed E-state index contributed by atoms with van der Waals surface area (Å²) in [5, 5.41) is 6.51. The van der Waals surface area contributed by atoms with Crippen molar-refractivity contribution in [1.82, 2.24) is 10.3 Å². The van der Waals surface area contributed by atoms with Crippen LogP contribution in [0, 0.1) is 0 Å². The van der Waals surface area contributed by atoms with E-state index in [1.54, 1.807) is 37.4 Å². The number of halogens is 1. The number of thiophene rings is 1. The average molecular weight is 581 g/mol. The Morgan fingerprint density at radius 2 is 1.86 bits per heavy atom. The van der Waals surface area contributed by atoms with Crippen molar-refractivity contribution in [3.8, 4) is 0 Å². The zero-order valence-corrected chi connectivity index (χ0v) is 22.4. The number of likely N-dealkylation sites (N-methyl/N-ethyl adjacent to an activating group) is 1. The summed E-state index contributed by atoms with van der Waals surface area (Å²) in [6, 6.07) is 18.7. The number of hydrogen-bond acceptors (Lipinski definition) is 5. The normalized spacial score (nSPS) is 12.9. The van der Waals surface area contributed by atoms with E-state index in [4.69, 9.17) is 4.74 Å². The first kappa shape index (κ1) is 25.2. The second kappa shape index (κ2) is 10.9. The van der Waals surface area contributed by atoms with E-state index in [-0.39, 0.29) is 30.4 Å². The Morgan fingerprint density at radius 1 is 1.08 bits per heavy atom. The van der Waals surface area contributed by atoms with Crippen molar-refractivity contribution in [2.45, 2.75) is 25.5 Å². The molecule has 1 aliphatic carbocycles. The predicted molar refractivity (Wildman–Crippen MR) is 148 cm³/mol. The maximum absolute atomic E-state index is 13.1. The number of amides is 3. The predicted octanol–water partition coefficient (Wildman–Crippen LogP) is 5.32. The molecule has 0 aliphatic heterocycles. The molecule has 3 amide bonds. The fourth-order valence-corrected chi connectivity index (χ4v) is 5.17. The van der Waals surface area contributed by atoms with E-state index in [2.05, 4.69) is 31.5 Å². The first-order valence-electron chi connectivity index (χ1n) is 11.8. The van der Waals surface area contributed by atoms with Crippen molar-refractivity contribution >= 4 is 67.4 Å². The van der Waals surface area contributed by atoms with Crippen molar-refractivity contribution in [1.29, 1.82) is 0 Å². The summed E-state index contributed by atoms with van der Waals surface area (Å²) in [7, 11) is 1.68. The fraction of sp³-hybridized carbons (Fsp3) is 0.222. The van der Waals surface area contributed by atoms with Gasteiger partial charge in [0, 0.05) is 29.7 Å². The average Bonchev–Trinajstić information content (AvgIpc) is 3.47. The summed E-state index contributed by atoms with van der Waals surface area (Å²) in [5.41, 5.74) is 2.63. The van der Waals surface area contributed by atoms with Crippen LogP contribution >= 0.6 is 27.3 Å². The molecule has 37 heavy (non-hydrogen) atoms. The summed E-state index contributed by atoms with van der Waals surface area (Å²) in [6.07, 6.45) is 1.89. The second-order valence-electron chi connectivity index (χ2n) is 8.84. The van der Waals surface area contributed by atoms with Crippen molar-refractivity contribution in [2.24, 2.45) is 0 Å². The Labute approximate surface area is 226 Å². The fourth-order valence-electron chi connectivity index (χ4n) is 3.89. The van der Waals surface area contributed by atoms with Crippen molar-refractivity contribution < 1.29 is 19.1 Å². The number of nitrogens with zero attached hydrogens (tertiary/aromatic N) is 1. The number of ether oxygens (including phenoxy) is 1. The molecule has 1 fully saturated rings. The molecule has 3 N–H and O–H groups in total. The minimum Gasteiger partial charge on any atom is -0.367 e. The van der Waals surface area contributed by atoms with Gasteiger partial charge in [-0.3, -0.25) is 14.4 Å². The van der Waals surface area contributed by atoms with E-state index in [1.807, 2.05) is 30.3 Å². The van der Waals surface area contributed by atoms with Gasteiger partial charge in [0.05, 0.1) is 20.8 Å². The van der Waals surface area contributed by atoms with Gasteiger partial charge in [-0.05, 0) is 64.7 Å². The van der Waals surface area contributed by atoms with Gasteiger partial charge in [-0.1, -0.05) is 30.3 Å². The topological polar surface area (TPSA) is 104 Å². The molecule has 0 bridgehead atoms. The number of carbonyl (C=O) groups is 3. The molecule has 2 heterocycles. The zero-order valence-electron chi connectivity index (χ0n) is 20.0. The van der Waals surface area contributed by atoms with Crippen LogP contribution in [0.2, 0.25) is 0 Å². The standard InChI is InChI=1S/C27H25BrN4O4S/c1-32(23(33)15-36-14-16-5-3-2-4-6-16)18-9-10-19-20(13-18)30-25(24(19)27(35)29-17-7-8-17)31-26(34)21-11-12-22(28)37-21/h2-6,9-13,17,30H,7-8,14-15H2,1H3,(H,29,35)(H,31,34). The number of aromatic nitrogens is 1. The Morgan fingerprint density at radius 3 is 2.57 bits per heavy atom. The number of hydrogen-bond donors (Lipinski definition) is 3. The lowest BCUT2D eigenvalue weighted by atomic mass is 10.1. The molecular weight excluding hydrogens is 556 g/mol. The van der Waals surface area contributed by atoms with Crippen molar-refractivity contribution in [3.05, 3.63) is 80.5 Å². The lowest BCUT2D eigenvalue weighted by molar-refractivity contribution is -0.123. The Hall–Kier alpha value is -3.47. The van der Waals surface area contributed by atoms with Gasteiger partial charge < -0.3 is 25.3 Å². The van der Waals surface area contributed by atoms with Gasteiger partial charge in [-0.15, -0.1) is 11.3 Å². The highest BCUT2D eigenvalue weighted by Crippen LogP contribution is 2.32. The minimum absolute atomic E-state index is 0.0686. The summed E-state index contributed by atoms with van der Waals surface area (Å²) >= 11 is 4.68. The van der Waals surface area contributed by atoms with Gasteiger partial charge in [0.15, 0.2) is 0 Å². The van der Waals surface area contributed by atoms with Gasteiger partial charge in [0.25, 0.3) is 17.7 Å². The minimum atomic E-state index is -0.314. The second-order valence-corrected chi connectivity index (χ2v) is 11.3. The van der Waals surface area contributed by atoms with Crippen molar-refractivity contribution in [2.75, 3.05) is 23.9 Å². The van der Waals surface area contributed by atoms with Gasteiger partial charge in [0.2, 0.25) is 0 Å². The van der Waals surface area contributed by atoms with Crippen LogP contribution in [0.15, 0.2) is 64.5 Å². The number of fused-ring (bicyclic) bond motifs is 1. The number of benzene rings is 2. The number of anilines is 2. The molecule has 190 valence electrons. The van der Waals surface area contributed by atoms with E-state index in [0.29, 0.717) is 39.5 Å². The summed E-state index contributed by atoms with van der Waals surface area (Å²) < 4.78 is 6.43. The molecule has 2 aromatic heterocycles. The molecule has 0 radical (unpaired) electrons.